The van der Waals surface area contributed by atoms with E-state index in [4.69, 9.17) is 0 Å². The van der Waals surface area contributed by atoms with Crippen molar-refractivity contribution in [2.45, 2.75) is 13.3 Å². The number of rotatable bonds is 2. The molecule has 2 nitrogen and oxygen atoms in total. The van der Waals surface area contributed by atoms with E-state index in [0.29, 0.717) is 0 Å². The maximum atomic E-state index is 12.9. The molecule has 0 spiro atoms. The fraction of sp³-hybridized carbons (Fsp3) is 0.222. The van der Waals surface area contributed by atoms with E-state index >= 15 is 0 Å². The van der Waals surface area contributed by atoms with E-state index in [-0.39, 0.29) is 19.9 Å². The molecule has 0 saturated heterocycles. The molecule has 94 valence electrons. The van der Waals surface area contributed by atoms with E-state index in [9.17, 15) is 26.7 Å². The molecule has 0 aliphatic rings. The van der Waals surface area contributed by atoms with Crippen LogP contribution in [0.15, 0.2) is 0 Å². The van der Waals surface area contributed by atoms with Gasteiger partial charge in [0.05, 0.1) is 0 Å². The van der Waals surface area contributed by atoms with Crippen LogP contribution >= 0.6 is 13.5 Å². The Kier molecular flexibility index (Phi) is 5.40. The lowest BCUT2D eigenvalue weighted by molar-refractivity contribution is -0.134. The van der Waals surface area contributed by atoms with E-state index in [1.54, 1.807) is 0 Å². The molecule has 0 unspecified atom stereocenters. The first-order chi connectivity index (χ1) is 7.40. The Hall–Kier alpha value is -1.31. The Morgan fingerprint density at radius 3 is 1.65 bits per heavy atom. The molecule has 0 amide bonds. The smallest absolute Gasteiger partial charge is 0.311 e. The zero-order valence-electron chi connectivity index (χ0n) is 8.32. The standard InChI is InChI=1S/C9H5F5O2.S/c1-2-3(15)16-9-7(13)5(11)4(10)6(12)8(9)14;/h2H2,1H3;. The van der Waals surface area contributed by atoms with Crippen LogP contribution in [0.1, 0.15) is 13.3 Å². The molecule has 0 saturated carbocycles. The third-order valence-corrected chi connectivity index (χ3v) is 1.67. The zero-order chi connectivity index (χ0) is 12.5. The Balaban J connectivity index is 0.00000256. The second-order valence-corrected chi connectivity index (χ2v) is 2.73. The molecule has 0 N–H and O–H groups in total. The van der Waals surface area contributed by atoms with Crippen LogP contribution in [0.3, 0.4) is 0 Å². The van der Waals surface area contributed by atoms with Gasteiger partial charge < -0.3 is 4.74 Å². The summed E-state index contributed by atoms with van der Waals surface area (Å²) in [5, 5.41) is 0. The largest absolute Gasteiger partial charge is 0.420 e. The zero-order valence-corrected chi connectivity index (χ0v) is 9.14. The molecule has 1 aromatic rings. The van der Waals surface area contributed by atoms with Gasteiger partial charge in [-0.15, -0.1) is 0 Å². The third kappa shape index (κ3) is 2.87. The van der Waals surface area contributed by atoms with Gasteiger partial charge in [-0.25, -0.2) is 13.2 Å². The number of carbonyl (C=O) groups is 1. The molecule has 0 heterocycles. The second kappa shape index (κ2) is 5.85. The number of hydrogen-bond donors (Lipinski definition) is 0. The molecule has 8 heteroatoms. The Labute approximate surface area is 99.8 Å². The summed E-state index contributed by atoms with van der Waals surface area (Å²) in [6.45, 7) is 1.30. The van der Waals surface area contributed by atoms with E-state index in [2.05, 4.69) is 4.74 Å². The number of ether oxygens (including phenoxy) is 1. The highest BCUT2D eigenvalue weighted by Crippen LogP contribution is 2.29. The summed E-state index contributed by atoms with van der Waals surface area (Å²) in [7, 11) is 0. The second-order valence-electron chi connectivity index (χ2n) is 2.73. The van der Waals surface area contributed by atoms with Gasteiger partial charge in [-0.3, -0.25) is 4.79 Å². The van der Waals surface area contributed by atoms with Crippen molar-refractivity contribution in [2.24, 2.45) is 0 Å². The fourth-order valence-electron chi connectivity index (χ4n) is 0.860. The lowest BCUT2D eigenvalue weighted by Gasteiger charge is -2.07. The molecule has 0 aliphatic carbocycles. The van der Waals surface area contributed by atoms with Crippen LogP contribution in [-0.4, -0.2) is 5.97 Å². The summed E-state index contributed by atoms with van der Waals surface area (Å²) < 4.78 is 67.6. The van der Waals surface area contributed by atoms with E-state index in [0.717, 1.165) is 0 Å². The van der Waals surface area contributed by atoms with Crippen molar-refractivity contribution in [3.8, 4) is 5.75 Å². The van der Waals surface area contributed by atoms with Crippen LogP contribution in [0, 0.1) is 29.1 Å². The van der Waals surface area contributed by atoms with Gasteiger partial charge in [-0.2, -0.15) is 8.78 Å². The quantitative estimate of drug-likeness (QED) is 0.271. The highest BCUT2D eigenvalue weighted by Gasteiger charge is 2.28. The van der Waals surface area contributed by atoms with Crippen LogP contribution in [0.2, 0.25) is 0 Å². The molecule has 0 atom stereocenters. The molecule has 0 fully saturated rings. The van der Waals surface area contributed by atoms with E-state index in [1.807, 2.05) is 0 Å². The van der Waals surface area contributed by atoms with Crippen molar-refractivity contribution in [1.29, 1.82) is 0 Å². The minimum atomic E-state index is -2.30. The van der Waals surface area contributed by atoms with Crippen molar-refractivity contribution < 1.29 is 31.5 Å². The number of esters is 1. The normalized spacial score (nSPS) is 9.76. The lowest BCUT2D eigenvalue weighted by atomic mass is 10.2. The number of carbonyl (C=O) groups excluding carboxylic acids is 1. The first-order valence-electron chi connectivity index (χ1n) is 4.12. The molecule has 0 aromatic heterocycles. The van der Waals surface area contributed by atoms with Crippen LogP contribution in [-0.2, 0) is 4.79 Å². The van der Waals surface area contributed by atoms with E-state index in [1.165, 1.54) is 6.92 Å². The topological polar surface area (TPSA) is 26.3 Å². The van der Waals surface area contributed by atoms with Crippen LogP contribution in [0.25, 0.3) is 0 Å². The van der Waals surface area contributed by atoms with Gasteiger partial charge in [0, 0.05) is 19.9 Å². The van der Waals surface area contributed by atoms with Gasteiger partial charge in [0.15, 0.2) is 0 Å². The Bertz CT molecular complexity index is 420. The number of hydrogen-bond acceptors (Lipinski definition) is 2. The van der Waals surface area contributed by atoms with Crippen LogP contribution in [0.4, 0.5) is 22.0 Å². The van der Waals surface area contributed by atoms with Gasteiger partial charge in [0.25, 0.3) is 0 Å². The maximum Gasteiger partial charge on any atom is 0.311 e. The molecule has 2 radical (unpaired) electrons. The minimum absolute atomic E-state index is 0. The summed E-state index contributed by atoms with van der Waals surface area (Å²) in [4.78, 5) is 10.7. The maximum absolute atomic E-state index is 12.9. The van der Waals surface area contributed by atoms with Gasteiger partial charge in [-0.05, 0) is 0 Å². The average molecular weight is 272 g/mol. The summed E-state index contributed by atoms with van der Waals surface area (Å²) in [6, 6.07) is 0. The lowest BCUT2D eigenvalue weighted by Crippen LogP contribution is -2.12. The summed E-state index contributed by atoms with van der Waals surface area (Å²) in [6.07, 6.45) is -0.264. The molecule has 0 bridgehead atoms. The highest BCUT2D eigenvalue weighted by molar-refractivity contribution is 7.59. The third-order valence-electron chi connectivity index (χ3n) is 1.67. The van der Waals surface area contributed by atoms with Crippen LogP contribution in [0.5, 0.6) is 5.75 Å². The van der Waals surface area contributed by atoms with Gasteiger partial charge in [0.2, 0.25) is 34.8 Å². The average Bonchev–Trinajstić information content (AvgIpc) is 2.29. The van der Waals surface area contributed by atoms with Crippen molar-refractivity contribution in [3.05, 3.63) is 29.1 Å². The van der Waals surface area contributed by atoms with Gasteiger partial charge >= 0.3 is 5.97 Å². The molecule has 17 heavy (non-hydrogen) atoms. The first-order valence-corrected chi connectivity index (χ1v) is 4.12. The number of benzene rings is 1. The highest BCUT2D eigenvalue weighted by atomic mass is 32.1. The molecule has 1 aromatic carbocycles. The monoisotopic (exact) mass is 272 g/mol. The molecule has 1 rings (SSSR count). The van der Waals surface area contributed by atoms with Gasteiger partial charge in [-0.1, -0.05) is 6.92 Å². The predicted molar refractivity (Wildman–Crippen MR) is 49.7 cm³/mol. The van der Waals surface area contributed by atoms with E-state index < -0.39 is 40.8 Å². The fourth-order valence-corrected chi connectivity index (χ4v) is 0.860. The molecular formula is C9H5F5O2S. The van der Waals surface area contributed by atoms with Crippen molar-refractivity contribution in [1.82, 2.24) is 0 Å². The molecule has 0 aliphatic heterocycles. The Morgan fingerprint density at radius 2 is 1.29 bits per heavy atom. The summed E-state index contributed by atoms with van der Waals surface area (Å²) in [5.74, 6) is -13.6. The summed E-state index contributed by atoms with van der Waals surface area (Å²) >= 11 is 0. The molecular weight excluding hydrogens is 267 g/mol. The SMILES string of the molecule is CCC(=O)Oc1c(F)c(F)c(F)c(F)c1F.[S]. The summed E-state index contributed by atoms with van der Waals surface area (Å²) in [5.41, 5.74) is 0. The minimum Gasteiger partial charge on any atom is -0.420 e. The van der Waals surface area contributed by atoms with Crippen LogP contribution < -0.4 is 4.74 Å². The van der Waals surface area contributed by atoms with Gasteiger partial charge in [0.1, 0.15) is 0 Å². The number of halogens is 5. The predicted octanol–water partition coefficient (Wildman–Crippen LogP) is 3.35. The van der Waals surface area contributed by atoms with Crippen molar-refractivity contribution >= 4 is 19.5 Å². The van der Waals surface area contributed by atoms with Crippen molar-refractivity contribution in [2.75, 3.05) is 0 Å². The first kappa shape index (κ1) is 15.7. The van der Waals surface area contributed by atoms with Crippen molar-refractivity contribution in [3.63, 3.8) is 0 Å². The Morgan fingerprint density at radius 1 is 0.941 bits per heavy atom.